The van der Waals surface area contributed by atoms with E-state index in [0.29, 0.717) is 5.02 Å². The standard InChI is InChI=1S/C20H18ClNO2/c1-14-3-8-17(9-4-14)15(2)5-10-18-11-6-16(13-19(18)21)7-12-20(23)22-24/h3-13,24H,2H2,1H3,(H,22,23)/b10-5+,12-7+. The summed E-state index contributed by atoms with van der Waals surface area (Å²) in [6.45, 7) is 6.11. The van der Waals surface area contributed by atoms with Gasteiger partial charge in [0.15, 0.2) is 0 Å². The fourth-order valence-corrected chi connectivity index (χ4v) is 2.30. The summed E-state index contributed by atoms with van der Waals surface area (Å²) < 4.78 is 0. The Morgan fingerprint density at radius 3 is 2.46 bits per heavy atom. The lowest BCUT2D eigenvalue weighted by Gasteiger charge is -2.03. The number of hydrogen-bond donors (Lipinski definition) is 2. The van der Waals surface area contributed by atoms with Crippen LogP contribution in [-0.2, 0) is 4.79 Å². The van der Waals surface area contributed by atoms with Gasteiger partial charge < -0.3 is 0 Å². The Morgan fingerprint density at radius 2 is 1.83 bits per heavy atom. The van der Waals surface area contributed by atoms with Crippen molar-refractivity contribution in [3.05, 3.63) is 88.5 Å². The molecule has 0 fully saturated rings. The molecule has 4 heteroatoms. The lowest BCUT2D eigenvalue weighted by Crippen LogP contribution is -2.14. The summed E-state index contributed by atoms with van der Waals surface area (Å²) in [6, 6.07) is 13.6. The van der Waals surface area contributed by atoms with Crippen molar-refractivity contribution < 1.29 is 10.0 Å². The van der Waals surface area contributed by atoms with E-state index in [-0.39, 0.29) is 0 Å². The summed E-state index contributed by atoms with van der Waals surface area (Å²) in [4.78, 5) is 11.0. The van der Waals surface area contributed by atoms with Crippen LogP contribution in [-0.4, -0.2) is 11.1 Å². The van der Waals surface area contributed by atoms with E-state index in [2.05, 4.69) is 6.58 Å². The predicted octanol–water partition coefficient (Wildman–Crippen LogP) is 4.89. The summed E-state index contributed by atoms with van der Waals surface area (Å²) >= 11 is 6.26. The molecular formula is C20H18ClNO2. The van der Waals surface area contributed by atoms with Crippen LogP contribution in [0, 0.1) is 6.92 Å². The predicted molar refractivity (Wildman–Crippen MR) is 99.7 cm³/mol. The molecule has 3 nitrogen and oxygen atoms in total. The van der Waals surface area contributed by atoms with Crippen LogP contribution >= 0.6 is 11.6 Å². The van der Waals surface area contributed by atoms with Gasteiger partial charge in [0.25, 0.3) is 5.91 Å². The van der Waals surface area contributed by atoms with Crippen LogP contribution in [0.2, 0.25) is 5.02 Å². The summed E-state index contributed by atoms with van der Waals surface area (Å²) in [5.74, 6) is -0.593. The maximum Gasteiger partial charge on any atom is 0.267 e. The molecule has 0 bridgehead atoms. The topological polar surface area (TPSA) is 49.3 Å². The zero-order chi connectivity index (χ0) is 17.5. The fourth-order valence-electron chi connectivity index (χ4n) is 2.05. The van der Waals surface area contributed by atoms with Crippen molar-refractivity contribution in [1.29, 1.82) is 0 Å². The molecule has 1 amide bonds. The first-order valence-corrected chi connectivity index (χ1v) is 7.73. The monoisotopic (exact) mass is 339 g/mol. The van der Waals surface area contributed by atoms with E-state index in [9.17, 15) is 4.79 Å². The molecule has 2 rings (SSSR count). The summed E-state index contributed by atoms with van der Waals surface area (Å²) in [5.41, 5.74) is 6.31. The van der Waals surface area contributed by atoms with Crippen molar-refractivity contribution in [1.82, 2.24) is 5.48 Å². The molecule has 2 N–H and O–H groups in total. The zero-order valence-electron chi connectivity index (χ0n) is 13.3. The third-order valence-electron chi connectivity index (χ3n) is 3.45. The Bertz CT molecular complexity index is 805. The maximum atomic E-state index is 11.0. The Morgan fingerprint density at radius 1 is 1.12 bits per heavy atom. The maximum absolute atomic E-state index is 11.0. The fraction of sp³-hybridized carbons (Fsp3) is 0.0500. The second-order valence-electron chi connectivity index (χ2n) is 5.31. The van der Waals surface area contributed by atoms with Gasteiger partial charge in [-0.25, -0.2) is 5.48 Å². The van der Waals surface area contributed by atoms with Crippen LogP contribution in [0.3, 0.4) is 0 Å². The number of halogens is 1. The van der Waals surface area contributed by atoms with Gasteiger partial charge >= 0.3 is 0 Å². The molecule has 0 aliphatic carbocycles. The van der Waals surface area contributed by atoms with Gasteiger partial charge in [-0.2, -0.15) is 0 Å². The average molecular weight is 340 g/mol. The quantitative estimate of drug-likeness (QED) is 0.352. The first kappa shape index (κ1) is 17.7. The number of nitrogens with one attached hydrogen (secondary N) is 1. The van der Waals surface area contributed by atoms with Gasteiger partial charge in [-0.05, 0) is 41.3 Å². The van der Waals surface area contributed by atoms with Crippen molar-refractivity contribution in [2.45, 2.75) is 6.92 Å². The second-order valence-corrected chi connectivity index (χ2v) is 5.72. The van der Waals surface area contributed by atoms with E-state index in [1.807, 2.05) is 55.5 Å². The van der Waals surface area contributed by atoms with Crippen molar-refractivity contribution in [2.75, 3.05) is 0 Å². The van der Waals surface area contributed by atoms with Crippen LogP contribution in [0.5, 0.6) is 0 Å². The van der Waals surface area contributed by atoms with Crippen molar-refractivity contribution in [3.8, 4) is 0 Å². The molecule has 2 aromatic rings. The minimum Gasteiger partial charge on any atom is -0.288 e. The summed E-state index contributed by atoms with van der Waals surface area (Å²) in [5, 5.41) is 9.01. The minimum atomic E-state index is -0.593. The molecule has 0 atom stereocenters. The van der Waals surface area contributed by atoms with Crippen molar-refractivity contribution in [2.24, 2.45) is 0 Å². The van der Waals surface area contributed by atoms with Gasteiger partial charge in [0.1, 0.15) is 0 Å². The number of hydroxylamine groups is 1. The van der Waals surface area contributed by atoms with E-state index < -0.39 is 5.91 Å². The molecule has 0 saturated carbocycles. The molecule has 0 spiro atoms. The van der Waals surface area contributed by atoms with Crippen LogP contribution in [0.15, 0.2) is 61.2 Å². The number of allylic oxidation sites excluding steroid dienone is 2. The van der Waals surface area contributed by atoms with Crippen molar-refractivity contribution in [3.63, 3.8) is 0 Å². The molecule has 0 aromatic heterocycles. The van der Waals surface area contributed by atoms with Gasteiger partial charge in [0.2, 0.25) is 0 Å². The normalized spacial score (nSPS) is 11.1. The molecular weight excluding hydrogens is 322 g/mol. The lowest BCUT2D eigenvalue weighted by molar-refractivity contribution is -0.124. The molecule has 0 aliphatic rings. The van der Waals surface area contributed by atoms with Gasteiger partial charge in [0.05, 0.1) is 0 Å². The molecule has 0 radical (unpaired) electrons. The summed E-state index contributed by atoms with van der Waals surface area (Å²) in [6.07, 6.45) is 6.61. The molecule has 24 heavy (non-hydrogen) atoms. The van der Waals surface area contributed by atoms with E-state index in [0.717, 1.165) is 22.3 Å². The minimum absolute atomic E-state index is 0.564. The van der Waals surface area contributed by atoms with E-state index in [4.69, 9.17) is 16.8 Å². The SMILES string of the molecule is C=C(/C=C/c1ccc(/C=C/C(=O)NO)cc1Cl)c1ccc(C)cc1. The van der Waals surface area contributed by atoms with E-state index in [1.54, 1.807) is 12.1 Å². The van der Waals surface area contributed by atoms with Gasteiger partial charge in [-0.3, -0.25) is 10.0 Å². The Balaban J connectivity index is 2.12. The van der Waals surface area contributed by atoms with Crippen LogP contribution in [0.1, 0.15) is 22.3 Å². The van der Waals surface area contributed by atoms with Gasteiger partial charge in [0, 0.05) is 11.1 Å². The molecule has 0 unspecified atom stereocenters. The Labute approximate surface area is 146 Å². The van der Waals surface area contributed by atoms with Crippen molar-refractivity contribution >= 4 is 35.2 Å². The highest BCUT2D eigenvalue weighted by Crippen LogP contribution is 2.22. The number of amides is 1. The highest BCUT2D eigenvalue weighted by atomic mass is 35.5. The molecule has 2 aromatic carbocycles. The number of benzene rings is 2. The highest BCUT2D eigenvalue weighted by molar-refractivity contribution is 6.32. The average Bonchev–Trinajstić information content (AvgIpc) is 2.59. The number of hydrogen-bond acceptors (Lipinski definition) is 2. The van der Waals surface area contributed by atoms with Crippen LogP contribution in [0.25, 0.3) is 17.7 Å². The van der Waals surface area contributed by atoms with E-state index in [1.165, 1.54) is 17.1 Å². The first-order valence-electron chi connectivity index (χ1n) is 7.35. The molecule has 0 aliphatic heterocycles. The molecule has 0 heterocycles. The smallest absolute Gasteiger partial charge is 0.267 e. The number of carbonyl (C=O) groups excluding carboxylic acids is 1. The Hall–Kier alpha value is -2.62. The lowest BCUT2D eigenvalue weighted by atomic mass is 10.0. The second kappa shape index (κ2) is 8.29. The zero-order valence-corrected chi connectivity index (χ0v) is 14.0. The number of carbonyl (C=O) groups is 1. The summed E-state index contributed by atoms with van der Waals surface area (Å²) in [7, 11) is 0. The molecule has 0 saturated heterocycles. The highest BCUT2D eigenvalue weighted by Gasteiger charge is 2.00. The van der Waals surface area contributed by atoms with E-state index >= 15 is 0 Å². The van der Waals surface area contributed by atoms with Crippen LogP contribution < -0.4 is 5.48 Å². The largest absolute Gasteiger partial charge is 0.288 e. The number of rotatable bonds is 5. The van der Waals surface area contributed by atoms with Gasteiger partial charge in [-0.15, -0.1) is 0 Å². The first-order chi connectivity index (χ1) is 11.5. The third kappa shape index (κ3) is 4.95. The number of aryl methyl sites for hydroxylation is 1. The third-order valence-corrected chi connectivity index (χ3v) is 3.78. The molecule has 122 valence electrons. The van der Waals surface area contributed by atoms with Crippen LogP contribution in [0.4, 0.5) is 0 Å². The Kier molecular flexibility index (Phi) is 6.13. The van der Waals surface area contributed by atoms with Gasteiger partial charge in [-0.1, -0.05) is 72.3 Å².